The van der Waals surface area contributed by atoms with Gasteiger partial charge in [-0.05, 0) is 24.1 Å². The summed E-state index contributed by atoms with van der Waals surface area (Å²) in [5.41, 5.74) is 7.69. The number of carboxylic acid groups (broad SMARTS) is 1. The summed E-state index contributed by atoms with van der Waals surface area (Å²) in [5.74, 6) is -0.462. The third kappa shape index (κ3) is 4.19. The van der Waals surface area contributed by atoms with E-state index in [1.165, 1.54) is 28.4 Å². The number of aliphatic carboxylic acids is 1. The Morgan fingerprint density at radius 1 is 1.38 bits per heavy atom. The van der Waals surface area contributed by atoms with Crippen LogP contribution in [-0.2, 0) is 27.9 Å². The number of thioether (sulfide) groups is 2. The van der Waals surface area contributed by atoms with Gasteiger partial charge in [0, 0.05) is 24.2 Å². The number of nitrogens with one attached hydrogen (secondary N) is 1. The second kappa shape index (κ2) is 8.87. The number of carbonyl (C=O) groups is 3. The SMILES string of the molecule is Cc1nc(SCC2=C(C(=O)O)N3C(=O)C(NC(=O)Cc4ccccc4N)[C@H]3SC2)n(C)n1. The highest BCUT2D eigenvalue weighted by atomic mass is 32.2. The van der Waals surface area contributed by atoms with Gasteiger partial charge in [-0.2, -0.15) is 5.10 Å². The van der Waals surface area contributed by atoms with Crippen molar-refractivity contribution < 1.29 is 19.5 Å². The van der Waals surface area contributed by atoms with Crippen LogP contribution in [0.3, 0.4) is 0 Å². The maximum atomic E-state index is 12.8. The lowest BCUT2D eigenvalue weighted by Gasteiger charge is -2.49. The van der Waals surface area contributed by atoms with Gasteiger partial charge in [-0.1, -0.05) is 30.0 Å². The molecule has 2 aliphatic heterocycles. The van der Waals surface area contributed by atoms with Crippen molar-refractivity contribution in [3.8, 4) is 0 Å². The fourth-order valence-corrected chi connectivity index (χ4v) is 6.10. The molecule has 1 aromatic carbocycles. The predicted molar refractivity (Wildman–Crippen MR) is 121 cm³/mol. The highest BCUT2D eigenvalue weighted by Crippen LogP contribution is 2.41. The molecule has 0 spiro atoms. The Hall–Kier alpha value is -2.99. The number of rotatable bonds is 7. The highest BCUT2D eigenvalue weighted by molar-refractivity contribution is 8.01. The molecule has 2 amide bonds. The number of amides is 2. The first kappa shape index (κ1) is 22.2. The van der Waals surface area contributed by atoms with Gasteiger partial charge in [-0.3, -0.25) is 14.5 Å². The summed E-state index contributed by atoms with van der Waals surface area (Å²) >= 11 is 2.81. The van der Waals surface area contributed by atoms with E-state index in [0.717, 1.165) is 0 Å². The Labute approximate surface area is 192 Å². The molecule has 168 valence electrons. The quantitative estimate of drug-likeness (QED) is 0.301. The molecule has 3 heterocycles. The van der Waals surface area contributed by atoms with E-state index in [0.29, 0.717) is 39.3 Å². The van der Waals surface area contributed by atoms with E-state index < -0.39 is 23.3 Å². The summed E-state index contributed by atoms with van der Waals surface area (Å²) < 4.78 is 1.64. The van der Waals surface area contributed by atoms with E-state index in [2.05, 4.69) is 15.4 Å². The number of aromatic nitrogens is 3. The lowest BCUT2D eigenvalue weighted by Crippen LogP contribution is -2.70. The number of nitrogen functional groups attached to an aromatic ring is 1. The van der Waals surface area contributed by atoms with Crippen LogP contribution < -0.4 is 11.1 Å². The van der Waals surface area contributed by atoms with Crippen LogP contribution >= 0.6 is 23.5 Å². The molecule has 1 aromatic heterocycles. The number of aryl methyl sites for hydroxylation is 2. The van der Waals surface area contributed by atoms with Gasteiger partial charge < -0.3 is 16.2 Å². The van der Waals surface area contributed by atoms with Crippen molar-refractivity contribution in [1.82, 2.24) is 25.0 Å². The van der Waals surface area contributed by atoms with Gasteiger partial charge >= 0.3 is 5.97 Å². The van der Waals surface area contributed by atoms with Gasteiger partial charge in [0.2, 0.25) is 5.91 Å². The molecule has 4 rings (SSSR count). The van der Waals surface area contributed by atoms with Crippen LogP contribution in [0.2, 0.25) is 0 Å². The van der Waals surface area contributed by atoms with Crippen LogP contribution in [0, 0.1) is 6.92 Å². The maximum absolute atomic E-state index is 12.8. The molecule has 0 aliphatic carbocycles. The largest absolute Gasteiger partial charge is 0.477 e. The molecular formula is C20H22N6O4S2. The molecule has 1 unspecified atom stereocenters. The van der Waals surface area contributed by atoms with Crippen molar-refractivity contribution in [3.63, 3.8) is 0 Å². The smallest absolute Gasteiger partial charge is 0.352 e. The van der Waals surface area contributed by atoms with Crippen molar-refractivity contribution in [2.45, 2.75) is 29.9 Å². The summed E-state index contributed by atoms with van der Waals surface area (Å²) in [6.45, 7) is 1.78. The standard InChI is InChI=1S/C20H22N6O4S2/c1-10-22-20(25(2)24-10)32-9-12-8-31-18-15(17(28)26(18)16(12)19(29)30)23-14(27)7-11-5-3-4-6-13(11)21/h3-6,15,18H,7-9,21H2,1-2H3,(H,23,27)(H,29,30)/t15?,18-/m1/s1. The lowest BCUT2D eigenvalue weighted by atomic mass is 10.0. The van der Waals surface area contributed by atoms with Crippen molar-refractivity contribution >= 4 is 47.0 Å². The fourth-order valence-electron chi connectivity index (χ4n) is 3.66. The number of carbonyl (C=O) groups excluding carboxylic acids is 2. The summed E-state index contributed by atoms with van der Waals surface area (Å²) in [7, 11) is 1.77. The van der Waals surface area contributed by atoms with Crippen molar-refractivity contribution in [2.75, 3.05) is 17.2 Å². The molecule has 12 heteroatoms. The van der Waals surface area contributed by atoms with Crippen molar-refractivity contribution in [3.05, 3.63) is 46.9 Å². The predicted octanol–water partition coefficient (Wildman–Crippen LogP) is 0.779. The Morgan fingerprint density at radius 3 is 2.78 bits per heavy atom. The zero-order valence-electron chi connectivity index (χ0n) is 17.4. The molecule has 4 N–H and O–H groups in total. The summed E-state index contributed by atoms with van der Waals surface area (Å²) in [5, 5.41) is 16.9. The second-order valence-corrected chi connectivity index (χ2v) is 9.49. The number of fused-ring (bicyclic) bond motifs is 1. The third-order valence-corrected chi connectivity index (χ3v) is 7.62. The van der Waals surface area contributed by atoms with Crippen LogP contribution in [0.4, 0.5) is 5.69 Å². The first-order valence-electron chi connectivity index (χ1n) is 9.79. The lowest BCUT2D eigenvalue weighted by molar-refractivity contribution is -0.150. The van der Waals surface area contributed by atoms with E-state index in [1.54, 1.807) is 42.9 Å². The van der Waals surface area contributed by atoms with Gasteiger partial charge in [-0.15, -0.1) is 11.8 Å². The summed E-state index contributed by atoms with van der Waals surface area (Å²) in [4.78, 5) is 42.8. The molecule has 0 bridgehead atoms. The average molecular weight is 475 g/mol. The minimum absolute atomic E-state index is 0.0112. The Kier molecular flexibility index (Phi) is 6.15. The molecule has 0 radical (unpaired) electrons. The Balaban J connectivity index is 1.45. The number of carboxylic acids is 1. The number of benzene rings is 1. The minimum atomic E-state index is -1.16. The molecule has 2 aliphatic rings. The number of β-lactam (4-membered cyclic amide) rings is 1. The summed E-state index contributed by atoms with van der Waals surface area (Å²) in [6, 6.07) is 6.28. The zero-order chi connectivity index (χ0) is 23.0. The molecule has 1 fully saturated rings. The van der Waals surface area contributed by atoms with Crippen LogP contribution in [0.15, 0.2) is 40.7 Å². The normalized spacial score (nSPS) is 20.1. The number of hydrogen-bond acceptors (Lipinski definition) is 8. The van der Waals surface area contributed by atoms with Gasteiger partial charge in [0.15, 0.2) is 5.16 Å². The average Bonchev–Trinajstić information content (AvgIpc) is 3.08. The monoisotopic (exact) mass is 474 g/mol. The Morgan fingerprint density at radius 2 is 2.12 bits per heavy atom. The van der Waals surface area contributed by atoms with Crippen molar-refractivity contribution in [1.29, 1.82) is 0 Å². The molecule has 10 nitrogen and oxygen atoms in total. The first-order valence-corrected chi connectivity index (χ1v) is 11.8. The van der Waals surface area contributed by atoms with E-state index in [4.69, 9.17) is 5.73 Å². The number of para-hydroxylation sites is 1. The van der Waals surface area contributed by atoms with Gasteiger partial charge in [-0.25, -0.2) is 14.5 Å². The van der Waals surface area contributed by atoms with Gasteiger partial charge in [0.1, 0.15) is 22.9 Å². The third-order valence-electron chi connectivity index (χ3n) is 5.18. The molecule has 2 atom stereocenters. The Bertz CT molecular complexity index is 1130. The molecular weight excluding hydrogens is 452 g/mol. The van der Waals surface area contributed by atoms with E-state index in [9.17, 15) is 19.5 Å². The topological polar surface area (TPSA) is 143 Å². The van der Waals surface area contributed by atoms with Gasteiger partial charge in [0.25, 0.3) is 5.91 Å². The first-order chi connectivity index (χ1) is 15.3. The van der Waals surface area contributed by atoms with Gasteiger partial charge in [0.05, 0.1) is 6.42 Å². The molecule has 0 saturated carbocycles. The fraction of sp³-hybridized carbons (Fsp3) is 0.350. The van der Waals surface area contributed by atoms with Crippen LogP contribution in [0.25, 0.3) is 0 Å². The molecule has 2 aromatic rings. The van der Waals surface area contributed by atoms with Crippen LogP contribution in [-0.4, -0.2) is 65.5 Å². The highest BCUT2D eigenvalue weighted by Gasteiger charge is 2.54. The maximum Gasteiger partial charge on any atom is 0.352 e. The van der Waals surface area contributed by atoms with Crippen molar-refractivity contribution in [2.24, 2.45) is 7.05 Å². The number of nitrogens with two attached hydrogens (primary N) is 1. The zero-order valence-corrected chi connectivity index (χ0v) is 19.1. The van der Waals surface area contributed by atoms with E-state index in [1.807, 2.05) is 0 Å². The summed E-state index contributed by atoms with van der Waals surface area (Å²) in [6.07, 6.45) is 0.0501. The molecule has 1 saturated heterocycles. The molecule has 32 heavy (non-hydrogen) atoms. The number of nitrogens with zero attached hydrogens (tertiary/aromatic N) is 4. The number of anilines is 1. The van der Waals surface area contributed by atoms with Crippen LogP contribution in [0.5, 0.6) is 0 Å². The minimum Gasteiger partial charge on any atom is -0.477 e. The van der Waals surface area contributed by atoms with E-state index in [-0.39, 0.29) is 18.0 Å². The van der Waals surface area contributed by atoms with Crippen LogP contribution in [0.1, 0.15) is 11.4 Å². The van der Waals surface area contributed by atoms with E-state index >= 15 is 0 Å². The number of hydrogen-bond donors (Lipinski definition) is 3. The second-order valence-electron chi connectivity index (χ2n) is 7.44.